The summed E-state index contributed by atoms with van der Waals surface area (Å²) in [4.78, 5) is 13.6. The number of hydrogen-bond donors (Lipinski definition) is 0. The number of alkyl halides is 6. The second kappa shape index (κ2) is 4.94. The summed E-state index contributed by atoms with van der Waals surface area (Å²) in [5.74, 6) is -2.73. The van der Waals surface area contributed by atoms with Gasteiger partial charge >= 0.3 is 12.5 Å². The summed E-state index contributed by atoms with van der Waals surface area (Å²) in [6, 6.07) is 0. The molecule has 0 amide bonds. The van der Waals surface area contributed by atoms with Crippen molar-refractivity contribution in [1.82, 2.24) is 4.98 Å². The number of nitrogens with zero attached hydrogens (tertiary/aromatic N) is 1. The first-order valence-corrected chi connectivity index (χ1v) is 4.45. The van der Waals surface area contributed by atoms with Gasteiger partial charge in [-0.2, -0.15) is 13.2 Å². The summed E-state index contributed by atoms with van der Waals surface area (Å²) in [5, 5.41) is 0. The molecule has 0 radical (unpaired) electrons. The second-order valence-electron chi connectivity index (χ2n) is 3.08. The van der Waals surface area contributed by atoms with Crippen LogP contribution in [-0.4, -0.2) is 24.7 Å². The van der Waals surface area contributed by atoms with E-state index in [9.17, 15) is 31.1 Å². The van der Waals surface area contributed by atoms with E-state index in [1.165, 1.54) is 0 Å². The van der Waals surface area contributed by atoms with Crippen molar-refractivity contribution in [3.8, 4) is 11.5 Å². The number of ether oxygens (including phenoxy) is 2. The van der Waals surface area contributed by atoms with Crippen LogP contribution in [0.1, 0.15) is 16.1 Å². The van der Waals surface area contributed by atoms with Gasteiger partial charge in [0.25, 0.3) is 0 Å². The van der Waals surface area contributed by atoms with Crippen LogP contribution in [0.15, 0.2) is 6.20 Å². The van der Waals surface area contributed by atoms with Crippen molar-refractivity contribution in [3.05, 3.63) is 17.5 Å². The number of rotatable bonds is 3. The predicted molar refractivity (Wildman–Crippen MR) is 47.9 cm³/mol. The summed E-state index contributed by atoms with van der Waals surface area (Å²) in [6.07, 6.45) is -10.5. The summed E-state index contributed by atoms with van der Waals surface area (Å²) < 4.78 is 81.7. The van der Waals surface area contributed by atoms with E-state index in [0.717, 1.165) is 7.11 Å². The molecule has 0 unspecified atom stereocenters. The number of aromatic nitrogens is 1. The highest BCUT2D eigenvalue weighted by Gasteiger charge is 2.43. The summed E-state index contributed by atoms with van der Waals surface area (Å²) in [7, 11) is 0.761. The Labute approximate surface area is 101 Å². The summed E-state index contributed by atoms with van der Waals surface area (Å²) in [5.41, 5.74) is -2.64. The molecule has 4 nitrogen and oxygen atoms in total. The Kier molecular flexibility index (Phi) is 3.91. The molecular weight excluding hydrogens is 284 g/mol. The molecule has 0 atom stereocenters. The number of halogens is 6. The molecule has 0 spiro atoms. The lowest BCUT2D eigenvalue weighted by Crippen LogP contribution is -2.21. The maximum absolute atomic E-state index is 12.7. The Morgan fingerprint density at radius 2 is 1.79 bits per heavy atom. The quantitative estimate of drug-likeness (QED) is 0.634. The number of pyridine rings is 1. The standard InChI is InChI=1S/C9H5F6NO3/c1-18-7-4(3-17)16-2-5(19-9(13,14)15)6(7)8(10,11)12/h2-3H,1H3. The minimum absolute atomic E-state index is 0.0779. The van der Waals surface area contributed by atoms with Crippen LogP contribution in [0.2, 0.25) is 0 Å². The van der Waals surface area contributed by atoms with Crippen LogP contribution in [0, 0.1) is 0 Å². The Balaban J connectivity index is 3.52. The molecule has 0 N–H and O–H groups in total. The van der Waals surface area contributed by atoms with Crippen LogP contribution in [0.3, 0.4) is 0 Å². The van der Waals surface area contributed by atoms with Crippen molar-refractivity contribution in [2.45, 2.75) is 12.5 Å². The number of aldehydes is 1. The van der Waals surface area contributed by atoms with Gasteiger partial charge in [-0.25, -0.2) is 4.98 Å². The molecule has 0 bridgehead atoms. The lowest BCUT2D eigenvalue weighted by atomic mass is 10.1. The maximum atomic E-state index is 12.7. The molecule has 0 fully saturated rings. The first kappa shape index (κ1) is 15.1. The maximum Gasteiger partial charge on any atom is 0.573 e. The van der Waals surface area contributed by atoms with E-state index < -0.39 is 35.3 Å². The van der Waals surface area contributed by atoms with E-state index in [0.29, 0.717) is 0 Å². The molecule has 19 heavy (non-hydrogen) atoms. The second-order valence-corrected chi connectivity index (χ2v) is 3.08. The Bertz CT molecular complexity index is 482. The predicted octanol–water partition coefficient (Wildman–Crippen LogP) is 2.82. The molecule has 10 heteroatoms. The molecule has 0 aliphatic heterocycles. The zero-order valence-electron chi connectivity index (χ0n) is 9.09. The highest BCUT2D eigenvalue weighted by Crippen LogP contribution is 2.44. The van der Waals surface area contributed by atoms with Gasteiger partial charge < -0.3 is 9.47 Å². The average Bonchev–Trinajstić information content (AvgIpc) is 2.24. The zero-order chi connectivity index (χ0) is 14.8. The van der Waals surface area contributed by atoms with Gasteiger partial charge in [0.05, 0.1) is 13.3 Å². The van der Waals surface area contributed by atoms with Crippen molar-refractivity contribution in [1.29, 1.82) is 0 Å². The van der Waals surface area contributed by atoms with E-state index in [1.807, 2.05) is 0 Å². The molecule has 0 aromatic carbocycles. The third-order valence-electron chi connectivity index (χ3n) is 1.85. The highest BCUT2D eigenvalue weighted by molar-refractivity contribution is 5.78. The summed E-state index contributed by atoms with van der Waals surface area (Å²) in [6.45, 7) is 0. The smallest absolute Gasteiger partial charge is 0.494 e. The molecule has 0 aliphatic carbocycles. The molecule has 1 heterocycles. The summed E-state index contributed by atoms with van der Waals surface area (Å²) >= 11 is 0. The van der Waals surface area contributed by atoms with E-state index >= 15 is 0 Å². The third kappa shape index (κ3) is 3.48. The van der Waals surface area contributed by atoms with Crippen molar-refractivity contribution < 1.29 is 40.6 Å². The van der Waals surface area contributed by atoms with Gasteiger partial charge in [0, 0.05) is 0 Å². The molecule has 1 rings (SSSR count). The van der Waals surface area contributed by atoms with Crippen molar-refractivity contribution >= 4 is 6.29 Å². The monoisotopic (exact) mass is 289 g/mol. The normalized spacial score (nSPS) is 12.2. The molecular formula is C9H5F6NO3. The fourth-order valence-electron chi connectivity index (χ4n) is 1.25. The van der Waals surface area contributed by atoms with Crippen LogP contribution >= 0.6 is 0 Å². The molecule has 106 valence electrons. The molecule has 0 saturated carbocycles. The number of hydrogen-bond acceptors (Lipinski definition) is 4. The topological polar surface area (TPSA) is 48.4 Å². The number of carbonyl (C=O) groups is 1. The van der Waals surface area contributed by atoms with E-state index in [4.69, 9.17) is 0 Å². The van der Waals surface area contributed by atoms with Crippen LogP contribution in [0.25, 0.3) is 0 Å². The number of methoxy groups -OCH3 is 1. The van der Waals surface area contributed by atoms with Gasteiger partial charge in [-0.15, -0.1) is 13.2 Å². The van der Waals surface area contributed by atoms with Crippen molar-refractivity contribution in [2.75, 3.05) is 7.11 Å². The fraction of sp³-hybridized carbons (Fsp3) is 0.333. The molecule has 1 aromatic rings. The largest absolute Gasteiger partial charge is 0.573 e. The van der Waals surface area contributed by atoms with Gasteiger partial charge in [-0.1, -0.05) is 0 Å². The molecule has 0 aliphatic rings. The molecule has 0 saturated heterocycles. The van der Waals surface area contributed by atoms with E-state index in [1.54, 1.807) is 0 Å². The average molecular weight is 289 g/mol. The van der Waals surface area contributed by atoms with Crippen LogP contribution in [0.4, 0.5) is 26.3 Å². The Hall–Kier alpha value is -2.00. The van der Waals surface area contributed by atoms with Gasteiger partial charge in [-0.3, -0.25) is 4.79 Å². The van der Waals surface area contributed by atoms with E-state index in [-0.39, 0.29) is 12.5 Å². The third-order valence-corrected chi connectivity index (χ3v) is 1.85. The Morgan fingerprint density at radius 1 is 1.21 bits per heavy atom. The zero-order valence-corrected chi connectivity index (χ0v) is 9.09. The van der Waals surface area contributed by atoms with Crippen molar-refractivity contribution in [3.63, 3.8) is 0 Å². The minimum Gasteiger partial charge on any atom is -0.494 e. The first-order valence-electron chi connectivity index (χ1n) is 4.45. The van der Waals surface area contributed by atoms with Gasteiger partial charge in [0.1, 0.15) is 11.3 Å². The minimum atomic E-state index is -5.34. The molecule has 1 aromatic heterocycles. The van der Waals surface area contributed by atoms with E-state index in [2.05, 4.69) is 14.5 Å². The van der Waals surface area contributed by atoms with Gasteiger partial charge in [-0.05, 0) is 0 Å². The fourth-order valence-corrected chi connectivity index (χ4v) is 1.25. The van der Waals surface area contributed by atoms with Crippen LogP contribution in [-0.2, 0) is 6.18 Å². The lowest BCUT2D eigenvalue weighted by Gasteiger charge is -2.18. The van der Waals surface area contributed by atoms with Crippen molar-refractivity contribution in [2.24, 2.45) is 0 Å². The number of carbonyl (C=O) groups excluding carboxylic acids is 1. The van der Waals surface area contributed by atoms with Gasteiger partial charge in [0.2, 0.25) is 0 Å². The highest BCUT2D eigenvalue weighted by atomic mass is 19.4. The first-order chi connectivity index (χ1) is 8.60. The Morgan fingerprint density at radius 3 is 2.16 bits per heavy atom. The van der Waals surface area contributed by atoms with Gasteiger partial charge in [0.15, 0.2) is 17.8 Å². The lowest BCUT2D eigenvalue weighted by molar-refractivity contribution is -0.276. The van der Waals surface area contributed by atoms with Crippen LogP contribution < -0.4 is 9.47 Å². The SMILES string of the molecule is COc1c(C=O)ncc(OC(F)(F)F)c1C(F)(F)F. The van der Waals surface area contributed by atoms with Crippen LogP contribution in [0.5, 0.6) is 11.5 Å².